The summed E-state index contributed by atoms with van der Waals surface area (Å²) in [6, 6.07) is 4.75. The molecule has 1 atom stereocenters. The van der Waals surface area contributed by atoms with Crippen LogP contribution in [0.5, 0.6) is 0 Å². The zero-order valence-corrected chi connectivity index (χ0v) is 9.08. The monoisotopic (exact) mass is 205 g/mol. The Morgan fingerprint density at radius 2 is 2.47 bits per heavy atom. The molecule has 15 heavy (non-hydrogen) atoms. The normalized spacial score (nSPS) is 21.5. The molecule has 1 aromatic heterocycles. The summed E-state index contributed by atoms with van der Waals surface area (Å²) in [5, 5.41) is 7.00. The molecule has 82 valence electrons. The molecule has 1 aromatic rings. The van der Waals surface area contributed by atoms with Crippen molar-refractivity contribution in [3.8, 4) is 0 Å². The van der Waals surface area contributed by atoms with E-state index < -0.39 is 0 Å². The second-order valence-corrected chi connectivity index (χ2v) is 4.14. The molecule has 0 saturated carbocycles. The Morgan fingerprint density at radius 3 is 3.20 bits per heavy atom. The summed E-state index contributed by atoms with van der Waals surface area (Å²) in [5.74, 6) is 0. The molecule has 1 fully saturated rings. The Balaban J connectivity index is 1.66. The Kier molecular flexibility index (Phi) is 4.11. The molecule has 1 saturated heterocycles. The van der Waals surface area contributed by atoms with Crippen LogP contribution < -0.4 is 10.6 Å². The van der Waals surface area contributed by atoms with E-state index in [1.165, 1.54) is 31.4 Å². The van der Waals surface area contributed by atoms with Crippen molar-refractivity contribution in [3.63, 3.8) is 0 Å². The van der Waals surface area contributed by atoms with Gasteiger partial charge in [-0.1, -0.05) is 12.5 Å². The van der Waals surface area contributed by atoms with E-state index in [-0.39, 0.29) is 0 Å². The fourth-order valence-electron chi connectivity index (χ4n) is 1.99. The molecule has 0 aromatic carbocycles. The molecule has 1 aliphatic rings. The standard InChI is InChI=1S/C12H19N3/c1-2-7-15-12(5-1)10-14-9-11-4-3-6-13-8-11/h3-4,6,8,12,14-15H,1-2,5,7,9-10H2/t12-/m0/s1. The van der Waals surface area contributed by atoms with Gasteiger partial charge in [0.05, 0.1) is 0 Å². The van der Waals surface area contributed by atoms with Crippen LogP contribution in [0.1, 0.15) is 24.8 Å². The van der Waals surface area contributed by atoms with Crippen LogP contribution in [0.25, 0.3) is 0 Å². The number of nitrogens with one attached hydrogen (secondary N) is 2. The van der Waals surface area contributed by atoms with Gasteiger partial charge < -0.3 is 10.6 Å². The predicted octanol–water partition coefficient (Wildman–Crippen LogP) is 1.31. The first kappa shape index (κ1) is 10.6. The SMILES string of the molecule is c1cncc(CNC[C@@H]2CCCCN2)c1. The van der Waals surface area contributed by atoms with Crippen LogP contribution in [-0.2, 0) is 6.54 Å². The van der Waals surface area contributed by atoms with Crippen molar-refractivity contribution in [3.05, 3.63) is 30.1 Å². The Hall–Kier alpha value is -0.930. The fraction of sp³-hybridized carbons (Fsp3) is 0.583. The first-order valence-electron chi connectivity index (χ1n) is 5.78. The molecule has 0 radical (unpaired) electrons. The van der Waals surface area contributed by atoms with Gasteiger partial charge in [-0.25, -0.2) is 0 Å². The molecule has 0 bridgehead atoms. The lowest BCUT2D eigenvalue weighted by Gasteiger charge is -2.23. The molecule has 1 aliphatic heterocycles. The average molecular weight is 205 g/mol. The number of rotatable bonds is 4. The summed E-state index contributed by atoms with van der Waals surface area (Å²) >= 11 is 0. The Morgan fingerprint density at radius 1 is 1.47 bits per heavy atom. The van der Waals surface area contributed by atoms with Crippen molar-refractivity contribution in [2.75, 3.05) is 13.1 Å². The number of nitrogens with zero attached hydrogens (tertiary/aromatic N) is 1. The van der Waals surface area contributed by atoms with Crippen molar-refractivity contribution >= 4 is 0 Å². The summed E-state index contributed by atoms with van der Waals surface area (Å²) in [5.41, 5.74) is 1.26. The van der Waals surface area contributed by atoms with E-state index in [0.717, 1.165) is 13.1 Å². The van der Waals surface area contributed by atoms with Crippen LogP contribution in [-0.4, -0.2) is 24.1 Å². The van der Waals surface area contributed by atoms with E-state index in [0.29, 0.717) is 6.04 Å². The van der Waals surface area contributed by atoms with Gasteiger partial charge in [0.15, 0.2) is 0 Å². The maximum Gasteiger partial charge on any atom is 0.0312 e. The van der Waals surface area contributed by atoms with E-state index in [4.69, 9.17) is 0 Å². The highest BCUT2D eigenvalue weighted by molar-refractivity contribution is 5.07. The third-order valence-electron chi connectivity index (χ3n) is 2.86. The smallest absolute Gasteiger partial charge is 0.0312 e. The highest BCUT2D eigenvalue weighted by Gasteiger charge is 2.11. The number of hydrogen-bond donors (Lipinski definition) is 2. The molecule has 0 amide bonds. The number of aromatic nitrogens is 1. The van der Waals surface area contributed by atoms with Crippen LogP contribution >= 0.6 is 0 Å². The van der Waals surface area contributed by atoms with Gasteiger partial charge in [-0.15, -0.1) is 0 Å². The average Bonchev–Trinajstić information content (AvgIpc) is 2.32. The molecular weight excluding hydrogens is 186 g/mol. The zero-order valence-electron chi connectivity index (χ0n) is 9.08. The summed E-state index contributed by atoms with van der Waals surface area (Å²) in [6.07, 6.45) is 7.73. The number of hydrogen-bond acceptors (Lipinski definition) is 3. The second kappa shape index (κ2) is 5.83. The molecular formula is C12H19N3. The summed E-state index contributed by atoms with van der Waals surface area (Å²) in [7, 11) is 0. The van der Waals surface area contributed by atoms with Gasteiger partial charge in [-0.05, 0) is 31.0 Å². The highest BCUT2D eigenvalue weighted by Crippen LogP contribution is 2.05. The largest absolute Gasteiger partial charge is 0.313 e. The quantitative estimate of drug-likeness (QED) is 0.778. The third-order valence-corrected chi connectivity index (χ3v) is 2.86. The maximum absolute atomic E-state index is 4.09. The summed E-state index contributed by atoms with van der Waals surface area (Å²) in [4.78, 5) is 4.09. The maximum atomic E-state index is 4.09. The lowest BCUT2D eigenvalue weighted by atomic mass is 10.1. The molecule has 0 aliphatic carbocycles. The summed E-state index contributed by atoms with van der Waals surface area (Å²) in [6.45, 7) is 3.17. The molecule has 2 N–H and O–H groups in total. The van der Waals surface area contributed by atoms with Crippen molar-refractivity contribution in [2.24, 2.45) is 0 Å². The Bertz CT molecular complexity index is 267. The van der Waals surface area contributed by atoms with Gasteiger partial charge in [0, 0.05) is 31.5 Å². The van der Waals surface area contributed by atoms with Gasteiger partial charge in [0.1, 0.15) is 0 Å². The summed E-state index contributed by atoms with van der Waals surface area (Å²) < 4.78 is 0. The van der Waals surface area contributed by atoms with Crippen LogP contribution in [0, 0.1) is 0 Å². The topological polar surface area (TPSA) is 37.0 Å². The van der Waals surface area contributed by atoms with Gasteiger partial charge in [-0.2, -0.15) is 0 Å². The minimum absolute atomic E-state index is 0.662. The van der Waals surface area contributed by atoms with Crippen LogP contribution in [0.2, 0.25) is 0 Å². The van der Waals surface area contributed by atoms with Crippen LogP contribution in [0.3, 0.4) is 0 Å². The van der Waals surface area contributed by atoms with Crippen molar-refractivity contribution < 1.29 is 0 Å². The fourth-order valence-corrected chi connectivity index (χ4v) is 1.99. The number of pyridine rings is 1. The Labute approximate surface area is 91.3 Å². The van der Waals surface area contributed by atoms with E-state index in [2.05, 4.69) is 21.7 Å². The molecule has 0 spiro atoms. The van der Waals surface area contributed by atoms with Crippen LogP contribution in [0.15, 0.2) is 24.5 Å². The van der Waals surface area contributed by atoms with E-state index in [9.17, 15) is 0 Å². The lowest BCUT2D eigenvalue weighted by Crippen LogP contribution is -2.41. The van der Waals surface area contributed by atoms with Crippen LogP contribution in [0.4, 0.5) is 0 Å². The minimum atomic E-state index is 0.662. The van der Waals surface area contributed by atoms with Gasteiger partial charge in [-0.3, -0.25) is 4.98 Å². The van der Waals surface area contributed by atoms with Crippen molar-refractivity contribution in [2.45, 2.75) is 31.8 Å². The highest BCUT2D eigenvalue weighted by atomic mass is 15.0. The first-order valence-corrected chi connectivity index (χ1v) is 5.78. The van der Waals surface area contributed by atoms with Crippen molar-refractivity contribution in [1.82, 2.24) is 15.6 Å². The third kappa shape index (κ3) is 3.61. The van der Waals surface area contributed by atoms with Gasteiger partial charge in [0.2, 0.25) is 0 Å². The molecule has 0 unspecified atom stereocenters. The zero-order chi connectivity index (χ0) is 10.3. The molecule has 2 heterocycles. The molecule has 3 nitrogen and oxygen atoms in total. The second-order valence-electron chi connectivity index (χ2n) is 4.14. The number of piperidine rings is 1. The molecule has 2 rings (SSSR count). The lowest BCUT2D eigenvalue weighted by molar-refractivity contribution is 0.383. The van der Waals surface area contributed by atoms with E-state index >= 15 is 0 Å². The predicted molar refractivity (Wildman–Crippen MR) is 61.6 cm³/mol. The molecule has 3 heteroatoms. The van der Waals surface area contributed by atoms with Gasteiger partial charge >= 0.3 is 0 Å². The van der Waals surface area contributed by atoms with Crippen molar-refractivity contribution in [1.29, 1.82) is 0 Å². The van der Waals surface area contributed by atoms with E-state index in [1.807, 2.05) is 18.5 Å². The minimum Gasteiger partial charge on any atom is -0.313 e. The van der Waals surface area contributed by atoms with E-state index in [1.54, 1.807) is 0 Å². The first-order chi connectivity index (χ1) is 7.45. The van der Waals surface area contributed by atoms with Gasteiger partial charge in [0.25, 0.3) is 0 Å².